The number of carbonyl (C=O) groups excluding carboxylic acids is 1. The Bertz CT molecular complexity index is 743. The minimum atomic E-state index is -0.896. The smallest absolute Gasteiger partial charge is 0.315 e. The molecule has 1 atom stereocenters. The molecule has 1 heterocycles. The van der Waals surface area contributed by atoms with Crippen LogP contribution in [0.15, 0.2) is 34.9 Å². The number of urea groups is 1. The largest absolute Gasteiger partial charge is 0.481 e. The summed E-state index contributed by atoms with van der Waals surface area (Å²) in [6.07, 6.45) is 0.851. The minimum absolute atomic E-state index is 0.0238. The average Bonchev–Trinajstić information content (AvgIpc) is 3.00. The Morgan fingerprint density at radius 1 is 1.27 bits per heavy atom. The number of carboxylic acid groups (broad SMARTS) is 1. The van der Waals surface area contributed by atoms with E-state index in [4.69, 9.17) is 9.63 Å². The van der Waals surface area contributed by atoms with Crippen LogP contribution in [0.5, 0.6) is 0 Å². The van der Waals surface area contributed by atoms with Crippen molar-refractivity contribution in [2.45, 2.75) is 51.6 Å². The summed E-state index contributed by atoms with van der Waals surface area (Å²) < 4.78 is 5.13. The molecule has 1 aromatic carbocycles. The highest BCUT2D eigenvalue weighted by Gasteiger charge is 2.30. The van der Waals surface area contributed by atoms with E-state index >= 15 is 0 Å². The summed E-state index contributed by atoms with van der Waals surface area (Å²) in [6, 6.07) is 8.88. The molecule has 1 unspecified atom stereocenters. The third kappa shape index (κ3) is 5.87. The maximum atomic E-state index is 12.4. The van der Waals surface area contributed by atoms with Gasteiger partial charge in [-0.1, -0.05) is 35.5 Å². The number of rotatable bonds is 8. The van der Waals surface area contributed by atoms with E-state index in [1.165, 1.54) is 0 Å². The van der Waals surface area contributed by atoms with E-state index in [0.29, 0.717) is 24.6 Å². The van der Waals surface area contributed by atoms with Gasteiger partial charge in [-0.15, -0.1) is 0 Å². The van der Waals surface area contributed by atoms with Gasteiger partial charge >= 0.3 is 12.0 Å². The molecule has 3 N–H and O–H groups in total. The van der Waals surface area contributed by atoms with Crippen molar-refractivity contribution in [3.05, 3.63) is 47.6 Å². The Labute approximate surface area is 152 Å². The van der Waals surface area contributed by atoms with Crippen molar-refractivity contribution in [1.82, 2.24) is 20.8 Å². The first-order chi connectivity index (χ1) is 12.3. The molecule has 1 aromatic heterocycles. The first kappa shape index (κ1) is 19.4. The minimum Gasteiger partial charge on any atom is -0.481 e. The van der Waals surface area contributed by atoms with E-state index in [1.807, 2.05) is 30.3 Å². The Kier molecular flexibility index (Phi) is 6.32. The van der Waals surface area contributed by atoms with Crippen LogP contribution in [-0.4, -0.2) is 33.3 Å². The SMILES string of the molecule is Cc1noc(C(C)(C)NC(=O)NC(CCC(=O)O)Cc2ccccc2)n1. The molecule has 8 nitrogen and oxygen atoms in total. The van der Waals surface area contributed by atoms with E-state index in [-0.39, 0.29) is 12.5 Å². The normalized spacial score (nSPS) is 12.4. The molecular weight excluding hydrogens is 336 g/mol. The second-order valence-corrected chi connectivity index (χ2v) is 6.69. The Morgan fingerprint density at radius 3 is 2.54 bits per heavy atom. The quantitative estimate of drug-likeness (QED) is 0.665. The monoisotopic (exact) mass is 360 g/mol. The van der Waals surface area contributed by atoms with Crippen LogP contribution in [0, 0.1) is 6.92 Å². The van der Waals surface area contributed by atoms with Crippen molar-refractivity contribution in [3.8, 4) is 0 Å². The van der Waals surface area contributed by atoms with Crippen molar-refractivity contribution in [2.24, 2.45) is 0 Å². The molecule has 2 aromatic rings. The molecule has 2 amide bonds. The molecule has 0 saturated heterocycles. The van der Waals surface area contributed by atoms with Gasteiger partial charge in [-0.3, -0.25) is 4.79 Å². The number of nitrogens with zero attached hydrogens (tertiary/aromatic N) is 2. The van der Waals surface area contributed by atoms with E-state index in [2.05, 4.69) is 20.8 Å². The van der Waals surface area contributed by atoms with Crippen LogP contribution >= 0.6 is 0 Å². The van der Waals surface area contributed by atoms with Crippen molar-refractivity contribution in [1.29, 1.82) is 0 Å². The number of carbonyl (C=O) groups is 2. The van der Waals surface area contributed by atoms with Crippen LogP contribution in [0.25, 0.3) is 0 Å². The number of benzene rings is 1. The van der Waals surface area contributed by atoms with Gasteiger partial charge in [0.15, 0.2) is 5.82 Å². The second-order valence-electron chi connectivity index (χ2n) is 6.69. The van der Waals surface area contributed by atoms with E-state index in [0.717, 1.165) is 5.56 Å². The predicted octanol–water partition coefficient (Wildman–Crippen LogP) is 2.39. The first-order valence-electron chi connectivity index (χ1n) is 8.41. The molecule has 0 radical (unpaired) electrons. The van der Waals surface area contributed by atoms with Gasteiger partial charge in [0.05, 0.1) is 0 Å². The number of nitrogens with one attached hydrogen (secondary N) is 2. The van der Waals surface area contributed by atoms with Gasteiger partial charge in [0.2, 0.25) is 0 Å². The molecule has 0 aliphatic carbocycles. The standard InChI is InChI=1S/C18H24N4O4/c1-12-19-16(26-22-12)18(2,3)21-17(25)20-14(9-10-15(23)24)11-13-7-5-4-6-8-13/h4-8,14H,9-11H2,1-3H3,(H,23,24)(H2,20,21,25). The maximum absolute atomic E-state index is 12.4. The van der Waals surface area contributed by atoms with Gasteiger partial charge < -0.3 is 20.3 Å². The van der Waals surface area contributed by atoms with E-state index < -0.39 is 17.5 Å². The molecule has 2 rings (SSSR count). The van der Waals surface area contributed by atoms with Gasteiger partial charge in [-0.2, -0.15) is 4.98 Å². The molecule has 0 aliphatic heterocycles. The highest BCUT2D eigenvalue weighted by molar-refractivity contribution is 5.75. The van der Waals surface area contributed by atoms with Crippen molar-refractivity contribution in [3.63, 3.8) is 0 Å². The summed E-state index contributed by atoms with van der Waals surface area (Å²) in [7, 11) is 0. The van der Waals surface area contributed by atoms with Crippen molar-refractivity contribution >= 4 is 12.0 Å². The van der Waals surface area contributed by atoms with Crippen LogP contribution in [0.4, 0.5) is 4.79 Å². The highest BCUT2D eigenvalue weighted by Crippen LogP contribution is 2.17. The summed E-state index contributed by atoms with van der Waals surface area (Å²) in [4.78, 5) is 27.5. The zero-order valence-corrected chi connectivity index (χ0v) is 15.2. The summed E-state index contributed by atoms with van der Waals surface area (Å²) in [5.74, 6) is -0.110. The fraction of sp³-hybridized carbons (Fsp3) is 0.444. The van der Waals surface area contributed by atoms with Crippen LogP contribution in [0.2, 0.25) is 0 Å². The molecular formula is C18H24N4O4. The number of carboxylic acids is 1. The lowest BCUT2D eigenvalue weighted by molar-refractivity contribution is -0.137. The van der Waals surface area contributed by atoms with Gasteiger partial charge in [0.1, 0.15) is 5.54 Å². The Balaban J connectivity index is 2.01. The lowest BCUT2D eigenvalue weighted by atomic mass is 10.0. The van der Waals surface area contributed by atoms with Gasteiger partial charge in [0, 0.05) is 12.5 Å². The first-order valence-corrected chi connectivity index (χ1v) is 8.41. The number of aryl methyl sites for hydroxylation is 1. The number of aliphatic carboxylic acids is 1. The van der Waals surface area contributed by atoms with Crippen LogP contribution in [0.1, 0.15) is 44.0 Å². The van der Waals surface area contributed by atoms with Crippen molar-refractivity contribution < 1.29 is 19.2 Å². The topological polar surface area (TPSA) is 117 Å². The van der Waals surface area contributed by atoms with Gasteiger partial charge in [-0.05, 0) is 39.2 Å². The van der Waals surface area contributed by atoms with Crippen molar-refractivity contribution in [2.75, 3.05) is 0 Å². The summed E-state index contributed by atoms with van der Waals surface area (Å²) >= 11 is 0. The lowest BCUT2D eigenvalue weighted by Gasteiger charge is -2.25. The summed E-state index contributed by atoms with van der Waals surface area (Å²) in [5, 5.41) is 18.3. The third-order valence-corrected chi connectivity index (χ3v) is 3.86. The average molecular weight is 360 g/mol. The van der Waals surface area contributed by atoms with Crippen LogP contribution < -0.4 is 10.6 Å². The molecule has 140 valence electrons. The van der Waals surface area contributed by atoms with Crippen LogP contribution in [-0.2, 0) is 16.8 Å². The zero-order chi connectivity index (χ0) is 19.2. The molecule has 0 aliphatic rings. The third-order valence-electron chi connectivity index (χ3n) is 3.86. The van der Waals surface area contributed by atoms with E-state index in [9.17, 15) is 9.59 Å². The molecule has 0 spiro atoms. The fourth-order valence-corrected chi connectivity index (χ4v) is 2.53. The number of amides is 2. The Hall–Kier alpha value is -2.90. The van der Waals surface area contributed by atoms with Gasteiger partial charge in [0.25, 0.3) is 5.89 Å². The summed E-state index contributed by atoms with van der Waals surface area (Å²) in [6.45, 7) is 5.21. The highest BCUT2D eigenvalue weighted by atomic mass is 16.5. The predicted molar refractivity (Wildman–Crippen MR) is 94.5 cm³/mol. The fourth-order valence-electron chi connectivity index (χ4n) is 2.53. The molecule has 26 heavy (non-hydrogen) atoms. The molecule has 0 saturated carbocycles. The van der Waals surface area contributed by atoms with E-state index in [1.54, 1.807) is 20.8 Å². The van der Waals surface area contributed by atoms with Gasteiger partial charge in [-0.25, -0.2) is 4.79 Å². The number of hydrogen-bond acceptors (Lipinski definition) is 5. The zero-order valence-electron chi connectivity index (χ0n) is 15.2. The summed E-state index contributed by atoms with van der Waals surface area (Å²) in [5.41, 5.74) is 0.171. The molecule has 8 heteroatoms. The Morgan fingerprint density at radius 2 is 1.96 bits per heavy atom. The molecule has 0 bridgehead atoms. The number of aromatic nitrogens is 2. The second kappa shape index (κ2) is 8.46. The van der Waals surface area contributed by atoms with Crippen LogP contribution in [0.3, 0.4) is 0 Å². The number of hydrogen-bond donors (Lipinski definition) is 3. The maximum Gasteiger partial charge on any atom is 0.315 e. The lowest BCUT2D eigenvalue weighted by Crippen LogP contribution is -2.50. The molecule has 0 fully saturated rings.